The lowest BCUT2D eigenvalue weighted by Crippen LogP contribution is -2.32. The summed E-state index contributed by atoms with van der Waals surface area (Å²) in [5.41, 5.74) is 1.95. The molecule has 0 saturated heterocycles. The fourth-order valence-electron chi connectivity index (χ4n) is 2.78. The van der Waals surface area contributed by atoms with Crippen molar-refractivity contribution in [3.63, 3.8) is 0 Å². The van der Waals surface area contributed by atoms with Crippen molar-refractivity contribution in [1.29, 1.82) is 5.26 Å². The minimum atomic E-state index is -0.513. The highest BCUT2D eigenvalue weighted by molar-refractivity contribution is 5.94. The van der Waals surface area contributed by atoms with Gasteiger partial charge in [0.25, 0.3) is 5.69 Å². The Morgan fingerprint density at radius 1 is 1.17 bits per heavy atom. The Balaban J connectivity index is 2.15. The van der Waals surface area contributed by atoms with E-state index < -0.39 is 4.92 Å². The molecule has 2 aromatic carbocycles. The molecule has 0 aliphatic heterocycles. The summed E-state index contributed by atoms with van der Waals surface area (Å²) in [5.74, 6) is -0.512. The molecule has 0 saturated carbocycles. The highest BCUT2D eigenvalue weighted by Gasteiger charge is 2.17. The van der Waals surface area contributed by atoms with Crippen LogP contribution in [0, 0.1) is 21.4 Å². The number of nitriles is 1. The van der Waals surface area contributed by atoms with Crippen molar-refractivity contribution in [1.82, 2.24) is 4.90 Å². The molecule has 0 radical (unpaired) electrons. The average Bonchev–Trinajstić information content (AvgIpc) is 2.71. The van der Waals surface area contributed by atoms with Crippen molar-refractivity contribution in [3.05, 3.63) is 70.3 Å². The Bertz CT molecular complexity index is 1010. The number of carbonyl (C=O) groups is 2. The van der Waals surface area contributed by atoms with E-state index in [4.69, 9.17) is 5.26 Å². The van der Waals surface area contributed by atoms with Crippen LogP contribution >= 0.6 is 0 Å². The van der Waals surface area contributed by atoms with Gasteiger partial charge in [0.2, 0.25) is 11.8 Å². The largest absolute Gasteiger partial charge is 0.361 e. The number of amides is 2. The molecule has 0 atom stereocenters. The quantitative estimate of drug-likeness (QED) is 0.392. The second-order valence-electron chi connectivity index (χ2n) is 6.29. The first-order valence-electron chi connectivity index (χ1n) is 9.11. The highest BCUT2D eigenvalue weighted by Crippen LogP contribution is 2.23. The van der Waals surface area contributed by atoms with Crippen LogP contribution in [0.3, 0.4) is 0 Å². The van der Waals surface area contributed by atoms with E-state index in [0.29, 0.717) is 29.2 Å². The fourth-order valence-corrected chi connectivity index (χ4v) is 2.78. The number of hydrogen-bond donors (Lipinski definition) is 2. The fraction of sp³-hybridized carbons (Fsp3) is 0.190. The predicted molar refractivity (Wildman–Crippen MR) is 113 cm³/mol. The maximum absolute atomic E-state index is 12.5. The van der Waals surface area contributed by atoms with Crippen LogP contribution in [-0.4, -0.2) is 34.7 Å². The number of nitrogens with zero attached hydrogens (tertiary/aromatic N) is 3. The molecule has 154 valence electrons. The highest BCUT2D eigenvalue weighted by atomic mass is 16.6. The molecule has 2 amide bonds. The Hall–Kier alpha value is -4.19. The van der Waals surface area contributed by atoms with Crippen LogP contribution in [0.4, 0.5) is 17.1 Å². The number of nitro benzene ring substituents is 1. The minimum Gasteiger partial charge on any atom is -0.361 e. The summed E-state index contributed by atoms with van der Waals surface area (Å²) in [7, 11) is 0. The number of carbonyl (C=O) groups excluding carboxylic acids is 2. The predicted octanol–water partition coefficient (Wildman–Crippen LogP) is 3.38. The molecule has 0 heterocycles. The number of non-ortho nitro benzene ring substituents is 1. The topological polar surface area (TPSA) is 128 Å². The Kier molecular flexibility index (Phi) is 7.65. The van der Waals surface area contributed by atoms with Gasteiger partial charge in [-0.1, -0.05) is 12.1 Å². The van der Waals surface area contributed by atoms with Crippen LogP contribution in [-0.2, 0) is 9.59 Å². The lowest BCUT2D eigenvalue weighted by molar-refractivity contribution is -0.384. The normalized spacial score (nSPS) is 10.6. The second kappa shape index (κ2) is 10.4. The third-order valence-corrected chi connectivity index (χ3v) is 4.10. The van der Waals surface area contributed by atoms with Gasteiger partial charge in [0.05, 0.1) is 23.2 Å². The lowest BCUT2D eigenvalue weighted by atomic mass is 10.1. The summed E-state index contributed by atoms with van der Waals surface area (Å²) in [6, 6.07) is 14.5. The van der Waals surface area contributed by atoms with Crippen LogP contribution in [0.25, 0.3) is 5.70 Å². The van der Waals surface area contributed by atoms with Crippen molar-refractivity contribution >= 4 is 34.6 Å². The summed E-state index contributed by atoms with van der Waals surface area (Å²) >= 11 is 0. The Labute approximate surface area is 173 Å². The van der Waals surface area contributed by atoms with E-state index in [1.807, 2.05) is 13.0 Å². The summed E-state index contributed by atoms with van der Waals surface area (Å²) in [6.45, 7) is 3.58. The van der Waals surface area contributed by atoms with Gasteiger partial charge in [0, 0.05) is 48.6 Å². The number of nitro groups is 1. The number of nitrogens with one attached hydrogen (secondary N) is 2. The third-order valence-electron chi connectivity index (χ3n) is 4.10. The minimum absolute atomic E-state index is 0.0554. The van der Waals surface area contributed by atoms with E-state index >= 15 is 0 Å². The Morgan fingerprint density at radius 3 is 2.33 bits per heavy atom. The van der Waals surface area contributed by atoms with E-state index in [2.05, 4.69) is 10.6 Å². The molecule has 2 rings (SSSR count). The number of likely N-dealkylation sites (N-methyl/N-ethyl adjacent to an activating group) is 1. The molecule has 0 aliphatic carbocycles. The van der Waals surface area contributed by atoms with Crippen LogP contribution in [0.2, 0.25) is 0 Å². The molecule has 0 bridgehead atoms. The average molecular weight is 407 g/mol. The molecule has 0 aliphatic rings. The zero-order valence-electron chi connectivity index (χ0n) is 16.6. The maximum Gasteiger partial charge on any atom is 0.270 e. The molecule has 9 heteroatoms. The molecule has 0 spiro atoms. The van der Waals surface area contributed by atoms with Crippen LogP contribution < -0.4 is 10.6 Å². The van der Waals surface area contributed by atoms with Gasteiger partial charge in [-0.25, -0.2) is 0 Å². The maximum atomic E-state index is 12.5. The molecule has 30 heavy (non-hydrogen) atoms. The van der Waals surface area contributed by atoms with Gasteiger partial charge >= 0.3 is 0 Å². The van der Waals surface area contributed by atoms with Crippen molar-refractivity contribution in [3.8, 4) is 6.07 Å². The lowest BCUT2D eigenvalue weighted by Gasteiger charge is -2.25. The van der Waals surface area contributed by atoms with Crippen molar-refractivity contribution in [2.75, 3.05) is 23.7 Å². The van der Waals surface area contributed by atoms with Gasteiger partial charge in [0.1, 0.15) is 0 Å². The first kappa shape index (κ1) is 22.1. The second-order valence-corrected chi connectivity index (χ2v) is 6.29. The molecule has 0 aromatic heterocycles. The van der Waals surface area contributed by atoms with E-state index in [-0.39, 0.29) is 24.0 Å². The summed E-state index contributed by atoms with van der Waals surface area (Å²) < 4.78 is 0. The molecule has 2 N–H and O–H groups in total. The zero-order chi connectivity index (χ0) is 22.1. The molecule has 2 aromatic rings. The smallest absolute Gasteiger partial charge is 0.270 e. The van der Waals surface area contributed by atoms with E-state index in [1.165, 1.54) is 31.2 Å². The van der Waals surface area contributed by atoms with E-state index in [1.54, 1.807) is 35.2 Å². The third kappa shape index (κ3) is 6.17. The van der Waals surface area contributed by atoms with E-state index in [0.717, 1.165) is 0 Å². The SMILES string of the molecule is CCN(CC(=O)Nc1ccc(NC(C)=O)cc1)/C(=C/C#N)c1cccc([N+](=O)[O-])c1. The van der Waals surface area contributed by atoms with Crippen LogP contribution in [0.15, 0.2) is 54.6 Å². The summed E-state index contributed by atoms with van der Waals surface area (Å²) in [5, 5.41) is 25.6. The zero-order valence-corrected chi connectivity index (χ0v) is 16.6. The van der Waals surface area contributed by atoms with Crippen molar-refractivity contribution < 1.29 is 14.5 Å². The van der Waals surface area contributed by atoms with Gasteiger partial charge in [-0.05, 0) is 31.2 Å². The monoisotopic (exact) mass is 407 g/mol. The van der Waals surface area contributed by atoms with E-state index in [9.17, 15) is 19.7 Å². The van der Waals surface area contributed by atoms with Gasteiger partial charge < -0.3 is 15.5 Å². The van der Waals surface area contributed by atoms with Crippen molar-refractivity contribution in [2.24, 2.45) is 0 Å². The Morgan fingerprint density at radius 2 is 1.80 bits per heavy atom. The summed E-state index contributed by atoms with van der Waals surface area (Å²) in [6.07, 6.45) is 1.26. The molecule has 0 fully saturated rings. The molecule has 9 nitrogen and oxygen atoms in total. The van der Waals surface area contributed by atoms with Crippen LogP contribution in [0.5, 0.6) is 0 Å². The number of benzene rings is 2. The van der Waals surface area contributed by atoms with Crippen molar-refractivity contribution in [2.45, 2.75) is 13.8 Å². The molecule has 0 unspecified atom stereocenters. The van der Waals surface area contributed by atoms with Gasteiger partial charge in [-0.15, -0.1) is 0 Å². The molecular weight excluding hydrogens is 386 g/mol. The number of allylic oxidation sites excluding steroid dienone is 1. The number of hydrogen-bond acceptors (Lipinski definition) is 6. The number of anilines is 2. The summed E-state index contributed by atoms with van der Waals surface area (Å²) in [4.78, 5) is 35.8. The standard InChI is InChI=1S/C21H21N5O4/c1-3-25(20(11-12-22)16-5-4-6-19(13-16)26(29)30)14-21(28)24-18-9-7-17(8-10-18)23-15(2)27/h4-11,13H,3,14H2,1-2H3,(H,23,27)(H,24,28)/b20-11+. The van der Waals surface area contributed by atoms with Gasteiger partial charge in [-0.2, -0.15) is 5.26 Å². The first-order chi connectivity index (χ1) is 14.3. The van der Waals surface area contributed by atoms with Gasteiger partial charge in [-0.3, -0.25) is 19.7 Å². The van der Waals surface area contributed by atoms with Crippen LogP contribution in [0.1, 0.15) is 19.4 Å². The van der Waals surface area contributed by atoms with Gasteiger partial charge in [0.15, 0.2) is 0 Å². The molecular formula is C21H21N5O4. The number of rotatable bonds is 8. The first-order valence-corrected chi connectivity index (χ1v) is 9.11.